The zero-order valence-corrected chi connectivity index (χ0v) is 23.8. The molecule has 0 spiro atoms. The van der Waals surface area contributed by atoms with Gasteiger partial charge in [0.05, 0.1) is 18.0 Å². The summed E-state index contributed by atoms with van der Waals surface area (Å²) in [6, 6.07) is 11.2. The molecule has 0 aliphatic heterocycles. The van der Waals surface area contributed by atoms with E-state index in [-0.39, 0.29) is 30.0 Å². The molecule has 0 bridgehead atoms. The molecule has 10 nitrogen and oxygen atoms in total. The monoisotopic (exact) mass is 543 g/mol. The highest BCUT2D eigenvalue weighted by Crippen LogP contribution is 2.33. The molecular formula is C30H37N7O3. The number of aromatic nitrogens is 5. The number of rotatable bonds is 7. The number of hydrogen-bond acceptors (Lipinski definition) is 7. The average molecular weight is 544 g/mol. The first-order chi connectivity index (χ1) is 19.2. The van der Waals surface area contributed by atoms with Gasteiger partial charge in [0.25, 0.3) is 0 Å². The van der Waals surface area contributed by atoms with E-state index in [0.29, 0.717) is 23.2 Å². The Hall–Kier alpha value is -4.21. The van der Waals surface area contributed by atoms with Crippen LogP contribution in [-0.2, 0) is 9.53 Å². The van der Waals surface area contributed by atoms with Crippen molar-refractivity contribution in [2.75, 3.05) is 17.2 Å². The quantitative estimate of drug-likeness (QED) is 0.317. The van der Waals surface area contributed by atoms with Crippen LogP contribution in [0.4, 0.5) is 11.6 Å². The first-order valence-electron chi connectivity index (χ1n) is 14.0. The molecule has 0 saturated heterocycles. The molecule has 1 aliphatic rings. The molecule has 0 radical (unpaired) electrons. The number of fused-ring (bicyclic) bond motifs is 1. The van der Waals surface area contributed by atoms with E-state index in [9.17, 15) is 9.59 Å². The van der Waals surface area contributed by atoms with Crippen molar-refractivity contribution in [3.8, 4) is 16.9 Å². The lowest BCUT2D eigenvalue weighted by atomic mass is 9.82. The van der Waals surface area contributed by atoms with Gasteiger partial charge >= 0.3 is 5.97 Å². The van der Waals surface area contributed by atoms with Crippen molar-refractivity contribution in [3.05, 3.63) is 53.9 Å². The number of esters is 1. The fraction of sp³-hybridized carbons (Fsp3) is 0.433. The Labute approximate surface area is 234 Å². The summed E-state index contributed by atoms with van der Waals surface area (Å²) in [4.78, 5) is 32.9. The van der Waals surface area contributed by atoms with Crippen molar-refractivity contribution in [3.63, 3.8) is 0 Å². The van der Waals surface area contributed by atoms with E-state index in [1.165, 1.54) is 0 Å². The molecule has 0 atom stereocenters. The molecule has 1 fully saturated rings. The highest BCUT2D eigenvalue weighted by atomic mass is 16.5. The molecular weight excluding hydrogens is 506 g/mol. The molecule has 1 aromatic carbocycles. The lowest BCUT2D eigenvalue weighted by Gasteiger charge is -2.32. The largest absolute Gasteiger partial charge is 0.462 e. The van der Waals surface area contributed by atoms with E-state index >= 15 is 0 Å². The molecule has 1 saturated carbocycles. The summed E-state index contributed by atoms with van der Waals surface area (Å²) in [5.74, 6) is 0.929. The summed E-state index contributed by atoms with van der Waals surface area (Å²) < 4.78 is 8.60. The number of carbonyl (C=O) groups is 2. The number of anilines is 2. The van der Waals surface area contributed by atoms with Gasteiger partial charge in [0, 0.05) is 41.5 Å². The lowest BCUT2D eigenvalue weighted by molar-refractivity contribution is -0.124. The smallest absolute Gasteiger partial charge is 0.343 e. The van der Waals surface area contributed by atoms with Crippen molar-refractivity contribution in [1.82, 2.24) is 24.4 Å². The van der Waals surface area contributed by atoms with Crippen LogP contribution < -0.4 is 10.6 Å². The molecule has 3 heterocycles. The molecule has 1 amide bonds. The normalized spacial score (nSPS) is 17.4. The number of nitrogens with zero attached hydrogens (tertiary/aromatic N) is 6. The minimum Gasteiger partial charge on any atom is -0.462 e. The van der Waals surface area contributed by atoms with Crippen molar-refractivity contribution < 1.29 is 14.3 Å². The SMILES string of the molecule is CCOC(=O)c1cn(-c2ccc(-c3cc4nc(C)cc(N)n4n3)cc2)nc1N(C(=O)C1CCC(C)CC1)C(C)C. The van der Waals surface area contributed by atoms with Crippen LogP contribution in [-0.4, -0.2) is 48.9 Å². The number of nitrogens with two attached hydrogens (primary N) is 1. The number of ether oxygens (including phenoxy) is 1. The standard InChI is InChI=1S/C30H37N7O3/c1-6-40-30(39)24-17-35(34-28(24)36(18(2)3)29(38)22-9-7-19(4)8-10-22)23-13-11-21(12-14-23)25-16-27-32-20(5)15-26(31)37(27)33-25/h11-19,22H,6-10,31H2,1-5H3. The summed E-state index contributed by atoms with van der Waals surface area (Å²) in [5.41, 5.74) is 10.3. The molecule has 210 valence electrons. The summed E-state index contributed by atoms with van der Waals surface area (Å²) in [6.45, 7) is 10.0. The minimum absolute atomic E-state index is 0.0167. The van der Waals surface area contributed by atoms with Crippen molar-refractivity contribution in [2.24, 2.45) is 11.8 Å². The lowest BCUT2D eigenvalue weighted by Crippen LogP contribution is -2.43. The highest BCUT2D eigenvalue weighted by Gasteiger charge is 2.34. The highest BCUT2D eigenvalue weighted by molar-refractivity contribution is 6.02. The molecule has 3 aromatic heterocycles. The zero-order chi connectivity index (χ0) is 28.6. The molecule has 2 N–H and O–H groups in total. The predicted molar refractivity (Wildman–Crippen MR) is 154 cm³/mol. The Morgan fingerprint density at radius 2 is 1.80 bits per heavy atom. The third-order valence-electron chi connectivity index (χ3n) is 7.55. The van der Waals surface area contributed by atoms with Gasteiger partial charge in [-0.3, -0.25) is 9.69 Å². The summed E-state index contributed by atoms with van der Waals surface area (Å²) >= 11 is 0. The molecule has 10 heteroatoms. The second-order valence-electron chi connectivity index (χ2n) is 11.0. The Kier molecular flexibility index (Phi) is 7.60. The zero-order valence-electron chi connectivity index (χ0n) is 23.8. The van der Waals surface area contributed by atoms with Gasteiger partial charge in [0.1, 0.15) is 11.4 Å². The van der Waals surface area contributed by atoms with Crippen LogP contribution in [0.5, 0.6) is 0 Å². The fourth-order valence-corrected chi connectivity index (χ4v) is 5.39. The minimum atomic E-state index is -0.499. The van der Waals surface area contributed by atoms with E-state index < -0.39 is 5.97 Å². The van der Waals surface area contributed by atoms with Crippen LogP contribution in [0.15, 0.2) is 42.6 Å². The topological polar surface area (TPSA) is 121 Å². The number of amides is 1. The number of carbonyl (C=O) groups excluding carboxylic acids is 2. The van der Waals surface area contributed by atoms with Crippen LogP contribution in [0.2, 0.25) is 0 Å². The second kappa shape index (κ2) is 11.1. The van der Waals surface area contributed by atoms with Crippen LogP contribution in [0.3, 0.4) is 0 Å². The third kappa shape index (κ3) is 5.30. The van der Waals surface area contributed by atoms with Gasteiger partial charge < -0.3 is 10.5 Å². The first kappa shape index (κ1) is 27.4. The van der Waals surface area contributed by atoms with E-state index in [1.807, 2.05) is 51.1 Å². The van der Waals surface area contributed by atoms with Crippen molar-refractivity contribution in [1.29, 1.82) is 0 Å². The predicted octanol–water partition coefficient (Wildman–Crippen LogP) is 5.22. The van der Waals surface area contributed by atoms with Crippen LogP contribution in [0.25, 0.3) is 22.6 Å². The van der Waals surface area contributed by atoms with Gasteiger partial charge in [0.2, 0.25) is 5.91 Å². The van der Waals surface area contributed by atoms with Gasteiger partial charge in [-0.2, -0.15) is 9.61 Å². The van der Waals surface area contributed by atoms with E-state index in [1.54, 1.807) is 33.3 Å². The van der Waals surface area contributed by atoms with Crippen molar-refractivity contribution >= 4 is 29.2 Å². The number of nitrogen functional groups attached to an aromatic ring is 1. The van der Waals surface area contributed by atoms with Gasteiger partial charge in [-0.25, -0.2) is 14.5 Å². The Bertz CT molecular complexity index is 1530. The number of benzene rings is 1. The van der Waals surface area contributed by atoms with Gasteiger partial charge in [-0.15, -0.1) is 5.10 Å². The van der Waals surface area contributed by atoms with E-state index in [4.69, 9.17) is 15.6 Å². The maximum Gasteiger partial charge on any atom is 0.343 e. The van der Waals surface area contributed by atoms with Gasteiger partial charge in [-0.05, 0) is 71.4 Å². The molecule has 4 aromatic rings. The maximum atomic E-state index is 13.7. The van der Waals surface area contributed by atoms with Crippen LogP contribution in [0, 0.1) is 18.8 Å². The Balaban J connectivity index is 1.49. The fourth-order valence-electron chi connectivity index (χ4n) is 5.39. The summed E-state index contributed by atoms with van der Waals surface area (Å²) in [5, 5.41) is 9.37. The molecule has 0 unspecified atom stereocenters. The Morgan fingerprint density at radius 1 is 1.10 bits per heavy atom. The average Bonchev–Trinajstić information content (AvgIpc) is 3.55. The third-order valence-corrected chi connectivity index (χ3v) is 7.55. The van der Waals surface area contributed by atoms with E-state index in [0.717, 1.165) is 48.3 Å². The van der Waals surface area contributed by atoms with Crippen LogP contribution in [0.1, 0.15) is 69.4 Å². The van der Waals surface area contributed by atoms with Gasteiger partial charge in [0.15, 0.2) is 11.5 Å². The summed E-state index contributed by atoms with van der Waals surface area (Å²) in [6.07, 6.45) is 5.41. The summed E-state index contributed by atoms with van der Waals surface area (Å²) in [7, 11) is 0. The Morgan fingerprint density at radius 3 is 2.45 bits per heavy atom. The van der Waals surface area contributed by atoms with Crippen molar-refractivity contribution in [2.45, 2.75) is 66.3 Å². The molecule has 1 aliphatic carbocycles. The second-order valence-corrected chi connectivity index (χ2v) is 11.0. The van der Waals surface area contributed by atoms with Gasteiger partial charge in [-0.1, -0.05) is 19.1 Å². The molecule has 5 rings (SSSR count). The number of aryl methyl sites for hydroxylation is 1. The van der Waals surface area contributed by atoms with E-state index in [2.05, 4.69) is 17.0 Å². The first-order valence-corrected chi connectivity index (χ1v) is 14.0. The maximum absolute atomic E-state index is 13.7. The number of hydrogen-bond donors (Lipinski definition) is 1. The van der Waals surface area contributed by atoms with Crippen LogP contribution >= 0.6 is 0 Å². The molecule has 40 heavy (non-hydrogen) atoms.